The van der Waals surface area contributed by atoms with E-state index in [-0.39, 0.29) is 11.0 Å². The van der Waals surface area contributed by atoms with Crippen molar-refractivity contribution in [3.63, 3.8) is 0 Å². The molecule has 0 N–H and O–H groups in total. The van der Waals surface area contributed by atoms with Crippen LogP contribution in [-0.4, -0.2) is 10.1 Å². The van der Waals surface area contributed by atoms with Crippen molar-refractivity contribution in [2.75, 3.05) is 0 Å². The first-order chi connectivity index (χ1) is 7.27. The number of benzene rings is 1. The lowest BCUT2D eigenvalue weighted by atomic mass is 10.1. The lowest BCUT2D eigenvalue weighted by molar-refractivity contribution is 0.325. The molecule has 0 aliphatic heterocycles. The smallest absolute Gasteiger partial charge is 0.193 e. The Bertz CT molecular complexity index is 421. The van der Waals surface area contributed by atoms with Gasteiger partial charge in [-0.15, -0.1) is 11.8 Å². The number of allylic oxidation sites excluding steroid dienone is 3. The summed E-state index contributed by atoms with van der Waals surface area (Å²) in [6.07, 6.45) is 5.25. The van der Waals surface area contributed by atoms with Crippen molar-refractivity contribution < 1.29 is 5.11 Å². The zero-order valence-electron chi connectivity index (χ0n) is 7.92. The summed E-state index contributed by atoms with van der Waals surface area (Å²) < 4.78 is 0. The molecule has 0 aromatic heterocycles. The fourth-order valence-corrected chi connectivity index (χ4v) is 2.58. The van der Waals surface area contributed by atoms with Gasteiger partial charge in [0, 0.05) is 4.90 Å². The molecule has 0 saturated carbocycles. The van der Waals surface area contributed by atoms with Crippen LogP contribution in [0.1, 0.15) is 0 Å². The fraction of sp³-hybridized carbons (Fsp3) is 0.0833. The number of thioether (sulfide) groups is 1. The van der Waals surface area contributed by atoms with Gasteiger partial charge >= 0.3 is 0 Å². The third kappa shape index (κ3) is 2.49. The summed E-state index contributed by atoms with van der Waals surface area (Å²) in [7, 11) is 0. The van der Waals surface area contributed by atoms with E-state index in [9.17, 15) is 5.11 Å². The zero-order valence-corrected chi connectivity index (χ0v) is 9.55. The molecule has 0 spiro atoms. The Labute approximate surface area is 98.5 Å². The van der Waals surface area contributed by atoms with Gasteiger partial charge in [-0.3, -0.25) is 5.11 Å². The topological polar surface area (TPSA) is 19.9 Å². The summed E-state index contributed by atoms with van der Waals surface area (Å²) in [6.45, 7) is 0. The minimum Gasteiger partial charge on any atom is -0.289 e. The first-order valence-electron chi connectivity index (χ1n) is 4.59. The van der Waals surface area contributed by atoms with Crippen LogP contribution in [0.3, 0.4) is 0 Å². The monoisotopic (exact) mass is 233 g/mol. The number of hydrogen-bond donors (Lipinski definition) is 0. The summed E-state index contributed by atoms with van der Waals surface area (Å²) in [5.74, 6) is -0.0408. The van der Waals surface area contributed by atoms with Crippen LogP contribution in [0.5, 0.6) is 0 Å². The van der Waals surface area contributed by atoms with Gasteiger partial charge in [0.05, 0.1) is 10.1 Å². The molecule has 1 unspecified atom stereocenters. The minimum absolute atomic E-state index is 0.0000926. The molecule has 1 aromatic carbocycles. The molecule has 1 atom stereocenters. The highest BCUT2D eigenvalue weighted by Gasteiger charge is 2.19. The lowest BCUT2D eigenvalue weighted by Gasteiger charge is -2.14. The lowest BCUT2D eigenvalue weighted by Crippen LogP contribution is -2.16. The van der Waals surface area contributed by atoms with E-state index in [1.165, 1.54) is 6.08 Å². The van der Waals surface area contributed by atoms with Gasteiger partial charge < -0.3 is 0 Å². The van der Waals surface area contributed by atoms with Crippen LogP contribution < -0.4 is 0 Å². The zero-order chi connectivity index (χ0) is 10.7. The molecule has 1 aliphatic rings. The van der Waals surface area contributed by atoms with Crippen molar-refractivity contribution in [2.45, 2.75) is 10.1 Å². The molecule has 0 bridgehead atoms. The fourth-order valence-electron chi connectivity index (χ4n) is 1.29. The predicted molar refractivity (Wildman–Crippen MR) is 66.6 cm³/mol. The van der Waals surface area contributed by atoms with Crippen LogP contribution in [0.2, 0.25) is 0 Å². The average molecular weight is 233 g/mol. The van der Waals surface area contributed by atoms with Crippen molar-refractivity contribution in [3.8, 4) is 0 Å². The van der Waals surface area contributed by atoms with Gasteiger partial charge in [0.2, 0.25) is 0 Å². The Morgan fingerprint density at radius 2 is 1.93 bits per heavy atom. The Morgan fingerprint density at radius 1 is 1.20 bits per heavy atom. The second kappa shape index (κ2) is 4.64. The van der Waals surface area contributed by atoms with E-state index >= 15 is 0 Å². The molecule has 1 radical (unpaired) electrons. The van der Waals surface area contributed by atoms with Crippen LogP contribution in [0, 0.1) is 0 Å². The second-order valence-electron chi connectivity index (χ2n) is 3.13. The molecule has 2 rings (SSSR count). The Balaban J connectivity index is 2.12. The minimum atomic E-state index is -0.0408. The third-order valence-corrected chi connectivity index (χ3v) is 3.84. The summed E-state index contributed by atoms with van der Waals surface area (Å²) in [4.78, 5) is 1.62. The summed E-state index contributed by atoms with van der Waals surface area (Å²) >= 11 is 6.70. The molecule has 15 heavy (non-hydrogen) atoms. The van der Waals surface area contributed by atoms with Crippen molar-refractivity contribution in [2.24, 2.45) is 0 Å². The van der Waals surface area contributed by atoms with Gasteiger partial charge in [0.1, 0.15) is 0 Å². The van der Waals surface area contributed by atoms with Crippen LogP contribution in [0.25, 0.3) is 0 Å². The first kappa shape index (κ1) is 10.5. The van der Waals surface area contributed by atoms with E-state index in [1.807, 2.05) is 36.4 Å². The van der Waals surface area contributed by atoms with Gasteiger partial charge in [-0.25, -0.2) is 0 Å². The van der Waals surface area contributed by atoms with E-state index in [0.717, 1.165) is 4.90 Å². The van der Waals surface area contributed by atoms with Crippen LogP contribution in [0.15, 0.2) is 59.2 Å². The summed E-state index contributed by atoms with van der Waals surface area (Å²) in [6, 6.07) is 9.96. The standard InChI is InChI=1S/C12H9OS2/c13-10-7-4-8-11(12(10)14)15-9-5-2-1-3-6-9/h1-8,11H. The second-order valence-corrected chi connectivity index (χ2v) is 4.79. The predicted octanol–water partition coefficient (Wildman–Crippen LogP) is 3.40. The SMILES string of the molecule is [O]C1=CC=CC(Sc2ccccc2)C1=S. The van der Waals surface area contributed by atoms with Crippen molar-refractivity contribution in [3.05, 3.63) is 54.3 Å². The largest absolute Gasteiger partial charge is 0.289 e. The molecule has 1 nitrogen and oxygen atoms in total. The van der Waals surface area contributed by atoms with Crippen LogP contribution >= 0.6 is 24.0 Å². The molecular formula is C12H9OS2. The highest BCUT2D eigenvalue weighted by atomic mass is 32.2. The Hall–Kier alpha value is -1.06. The quantitative estimate of drug-likeness (QED) is 0.729. The van der Waals surface area contributed by atoms with E-state index < -0.39 is 0 Å². The van der Waals surface area contributed by atoms with Crippen molar-refractivity contribution in [1.82, 2.24) is 0 Å². The van der Waals surface area contributed by atoms with E-state index in [1.54, 1.807) is 17.8 Å². The Kier molecular flexibility index (Phi) is 3.23. The average Bonchev–Trinajstić information content (AvgIpc) is 2.26. The Morgan fingerprint density at radius 3 is 2.67 bits per heavy atom. The van der Waals surface area contributed by atoms with Gasteiger partial charge in [0.25, 0.3) is 0 Å². The maximum absolute atomic E-state index is 11.3. The maximum Gasteiger partial charge on any atom is 0.193 e. The first-order valence-corrected chi connectivity index (χ1v) is 5.87. The van der Waals surface area contributed by atoms with E-state index in [4.69, 9.17) is 12.2 Å². The molecule has 0 saturated heterocycles. The molecule has 1 aromatic rings. The highest BCUT2D eigenvalue weighted by Crippen LogP contribution is 2.28. The van der Waals surface area contributed by atoms with Crippen molar-refractivity contribution in [1.29, 1.82) is 0 Å². The van der Waals surface area contributed by atoms with Gasteiger partial charge in [-0.05, 0) is 18.2 Å². The third-order valence-electron chi connectivity index (χ3n) is 2.04. The molecule has 0 fully saturated rings. The van der Waals surface area contributed by atoms with Gasteiger partial charge in [-0.2, -0.15) is 0 Å². The summed E-state index contributed by atoms with van der Waals surface area (Å²) in [5.41, 5.74) is 0. The molecule has 3 heteroatoms. The van der Waals surface area contributed by atoms with Gasteiger partial charge in [0.15, 0.2) is 5.76 Å². The van der Waals surface area contributed by atoms with Crippen LogP contribution in [-0.2, 0) is 5.11 Å². The molecule has 0 heterocycles. The van der Waals surface area contributed by atoms with Gasteiger partial charge in [-0.1, -0.05) is 42.6 Å². The normalized spacial score (nSPS) is 20.1. The van der Waals surface area contributed by atoms with E-state index in [2.05, 4.69) is 0 Å². The molecule has 75 valence electrons. The number of thiocarbonyl (C=S) groups is 1. The van der Waals surface area contributed by atoms with Crippen LogP contribution in [0.4, 0.5) is 0 Å². The molecule has 1 aliphatic carbocycles. The van der Waals surface area contributed by atoms with Crippen molar-refractivity contribution >= 4 is 28.8 Å². The van der Waals surface area contributed by atoms with E-state index in [0.29, 0.717) is 4.86 Å². The highest BCUT2D eigenvalue weighted by molar-refractivity contribution is 8.02. The molecular weight excluding hydrogens is 224 g/mol. The maximum atomic E-state index is 11.3. The number of rotatable bonds is 2. The summed E-state index contributed by atoms with van der Waals surface area (Å²) in [5, 5.41) is 11.3. The number of hydrogen-bond acceptors (Lipinski definition) is 2. The molecule has 0 amide bonds.